The van der Waals surface area contributed by atoms with Gasteiger partial charge in [0.1, 0.15) is 0 Å². The Bertz CT molecular complexity index is 637. The molecule has 0 saturated carbocycles. The van der Waals surface area contributed by atoms with Gasteiger partial charge in [-0.2, -0.15) is 0 Å². The monoisotopic (exact) mass is 326 g/mol. The van der Waals surface area contributed by atoms with Gasteiger partial charge in [-0.1, -0.05) is 49.7 Å². The third kappa shape index (κ3) is 5.68. The summed E-state index contributed by atoms with van der Waals surface area (Å²) < 4.78 is 0. The van der Waals surface area contributed by atoms with Gasteiger partial charge >= 0.3 is 0 Å². The highest BCUT2D eigenvalue weighted by atomic mass is 32.1. The Morgan fingerprint density at radius 2 is 1.78 bits per heavy atom. The molecule has 0 radical (unpaired) electrons. The smallest absolute Gasteiger partial charge is 0.170 e. The van der Waals surface area contributed by atoms with Crippen molar-refractivity contribution in [2.24, 2.45) is 5.92 Å². The molecule has 0 aliphatic heterocycles. The maximum Gasteiger partial charge on any atom is 0.170 e. The molecule has 0 amide bonds. The lowest BCUT2D eigenvalue weighted by atomic mass is 9.97. The Morgan fingerprint density at radius 1 is 1.04 bits per heavy atom. The van der Waals surface area contributed by atoms with Crippen LogP contribution < -0.4 is 10.6 Å². The van der Waals surface area contributed by atoms with Gasteiger partial charge in [0.2, 0.25) is 0 Å². The van der Waals surface area contributed by atoms with E-state index in [2.05, 4.69) is 79.9 Å². The fourth-order valence-electron chi connectivity index (χ4n) is 2.54. The second kappa shape index (κ2) is 8.68. The summed E-state index contributed by atoms with van der Waals surface area (Å²) in [6.07, 6.45) is 2.21. The predicted molar refractivity (Wildman–Crippen MR) is 104 cm³/mol. The van der Waals surface area contributed by atoms with Crippen molar-refractivity contribution in [1.82, 2.24) is 5.32 Å². The summed E-state index contributed by atoms with van der Waals surface area (Å²) in [4.78, 5) is 0. The van der Waals surface area contributed by atoms with E-state index >= 15 is 0 Å². The summed E-state index contributed by atoms with van der Waals surface area (Å²) in [5.41, 5.74) is 4.99. The van der Waals surface area contributed by atoms with Crippen molar-refractivity contribution in [3.63, 3.8) is 0 Å². The first kappa shape index (κ1) is 17.5. The third-order valence-electron chi connectivity index (χ3n) is 4.26. The summed E-state index contributed by atoms with van der Waals surface area (Å²) in [5, 5.41) is 7.32. The molecule has 0 bridgehead atoms. The summed E-state index contributed by atoms with van der Waals surface area (Å²) in [6.45, 7) is 7.35. The van der Waals surface area contributed by atoms with Crippen LogP contribution in [0.3, 0.4) is 0 Å². The third-order valence-corrected chi connectivity index (χ3v) is 4.51. The normalized spacial score (nSPS) is 11.8. The Hall–Kier alpha value is -1.87. The first-order valence-corrected chi connectivity index (χ1v) is 8.65. The summed E-state index contributed by atoms with van der Waals surface area (Å²) in [5.74, 6) is 0.580. The molecule has 3 heteroatoms. The first-order chi connectivity index (χ1) is 11.1. The van der Waals surface area contributed by atoms with Gasteiger partial charge in [-0.05, 0) is 67.2 Å². The zero-order valence-corrected chi connectivity index (χ0v) is 15.0. The van der Waals surface area contributed by atoms with Crippen LogP contribution >= 0.6 is 12.2 Å². The molecular formula is C20H26N2S. The van der Waals surface area contributed by atoms with Gasteiger partial charge in [-0.15, -0.1) is 0 Å². The van der Waals surface area contributed by atoms with Crippen molar-refractivity contribution in [1.29, 1.82) is 0 Å². The molecule has 0 heterocycles. The molecule has 1 unspecified atom stereocenters. The van der Waals surface area contributed by atoms with Crippen LogP contribution in [0.4, 0.5) is 5.69 Å². The topological polar surface area (TPSA) is 24.1 Å². The zero-order valence-electron chi connectivity index (χ0n) is 14.2. The zero-order chi connectivity index (χ0) is 16.7. The fraction of sp³-hybridized carbons (Fsp3) is 0.350. The van der Waals surface area contributed by atoms with Crippen LogP contribution in [0, 0.1) is 19.8 Å². The lowest BCUT2D eigenvalue weighted by Crippen LogP contribution is -2.33. The number of nitrogens with one attached hydrogen (secondary N) is 2. The van der Waals surface area contributed by atoms with Crippen LogP contribution in [0.5, 0.6) is 0 Å². The fourth-order valence-corrected chi connectivity index (χ4v) is 2.74. The van der Waals surface area contributed by atoms with E-state index in [1.165, 1.54) is 16.7 Å². The Morgan fingerprint density at radius 3 is 2.43 bits per heavy atom. The van der Waals surface area contributed by atoms with Crippen molar-refractivity contribution in [2.75, 3.05) is 11.9 Å². The summed E-state index contributed by atoms with van der Waals surface area (Å²) >= 11 is 5.42. The second-order valence-corrected chi connectivity index (χ2v) is 6.51. The van der Waals surface area contributed by atoms with E-state index in [1.54, 1.807) is 0 Å². The highest BCUT2D eigenvalue weighted by molar-refractivity contribution is 7.80. The van der Waals surface area contributed by atoms with Gasteiger partial charge in [0, 0.05) is 12.2 Å². The molecule has 1 atom stereocenters. The number of anilines is 1. The van der Waals surface area contributed by atoms with Crippen LogP contribution in [0.15, 0.2) is 48.5 Å². The summed E-state index contributed by atoms with van der Waals surface area (Å²) in [6, 6.07) is 16.9. The van der Waals surface area contributed by atoms with Crippen molar-refractivity contribution >= 4 is 23.0 Å². The number of hydrogen-bond acceptors (Lipinski definition) is 1. The quantitative estimate of drug-likeness (QED) is 0.741. The Labute approximate surface area is 145 Å². The van der Waals surface area contributed by atoms with Crippen LogP contribution in [-0.4, -0.2) is 11.7 Å². The minimum atomic E-state index is 0.580. The standard InChI is InChI=1S/C20H26N2S/c1-4-17(13-18-8-6-5-7-9-18)14-21-20(23)22-19-11-10-15(2)16(3)12-19/h5-12,17H,4,13-14H2,1-3H3,(H2,21,22,23). The van der Waals surface area contributed by atoms with Crippen molar-refractivity contribution in [3.05, 3.63) is 65.2 Å². The van der Waals surface area contributed by atoms with E-state index in [9.17, 15) is 0 Å². The van der Waals surface area contributed by atoms with E-state index in [-0.39, 0.29) is 0 Å². The molecule has 23 heavy (non-hydrogen) atoms. The van der Waals surface area contributed by atoms with Crippen molar-refractivity contribution in [3.8, 4) is 0 Å². The molecule has 0 aromatic heterocycles. The van der Waals surface area contributed by atoms with Crippen LogP contribution in [0.1, 0.15) is 30.0 Å². The molecule has 2 rings (SSSR count). The summed E-state index contributed by atoms with van der Waals surface area (Å²) in [7, 11) is 0. The maximum absolute atomic E-state index is 5.42. The minimum absolute atomic E-state index is 0.580. The van der Waals surface area contributed by atoms with Gasteiger partial charge in [0.05, 0.1) is 0 Å². The molecule has 2 aromatic carbocycles. The van der Waals surface area contributed by atoms with Crippen molar-refractivity contribution in [2.45, 2.75) is 33.6 Å². The molecule has 2 N–H and O–H groups in total. The van der Waals surface area contributed by atoms with Gasteiger partial charge < -0.3 is 10.6 Å². The van der Waals surface area contributed by atoms with Gasteiger partial charge in [-0.25, -0.2) is 0 Å². The number of hydrogen-bond donors (Lipinski definition) is 2. The van der Waals surface area contributed by atoms with E-state index < -0.39 is 0 Å². The lowest BCUT2D eigenvalue weighted by molar-refractivity contribution is 0.498. The molecule has 2 nitrogen and oxygen atoms in total. The largest absolute Gasteiger partial charge is 0.362 e. The van der Waals surface area contributed by atoms with Crippen LogP contribution in [-0.2, 0) is 6.42 Å². The maximum atomic E-state index is 5.42. The van der Waals surface area contributed by atoms with Crippen LogP contribution in [0.25, 0.3) is 0 Å². The molecule has 122 valence electrons. The van der Waals surface area contributed by atoms with Crippen molar-refractivity contribution < 1.29 is 0 Å². The minimum Gasteiger partial charge on any atom is -0.362 e. The van der Waals surface area contributed by atoms with E-state index in [0.29, 0.717) is 11.0 Å². The molecule has 0 aliphatic rings. The number of benzene rings is 2. The van der Waals surface area contributed by atoms with E-state index in [0.717, 1.165) is 25.1 Å². The number of thiocarbonyl (C=S) groups is 1. The first-order valence-electron chi connectivity index (χ1n) is 8.24. The highest BCUT2D eigenvalue weighted by Crippen LogP contribution is 2.14. The highest BCUT2D eigenvalue weighted by Gasteiger charge is 2.08. The average Bonchev–Trinajstić information content (AvgIpc) is 2.56. The van der Waals surface area contributed by atoms with E-state index in [1.807, 2.05) is 0 Å². The second-order valence-electron chi connectivity index (χ2n) is 6.10. The van der Waals surface area contributed by atoms with Gasteiger partial charge in [-0.3, -0.25) is 0 Å². The van der Waals surface area contributed by atoms with E-state index in [4.69, 9.17) is 12.2 Å². The van der Waals surface area contributed by atoms with Crippen LogP contribution in [0.2, 0.25) is 0 Å². The molecule has 0 spiro atoms. The molecule has 0 fully saturated rings. The SMILES string of the molecule is CCC(CNC(=S)Nc1ccc(C)c(C)c1)Cc1ccccc1. The molecular weight excluding hydrogens is 300 g/mol. The molecule has 2 aromatic rings. The Kier molecular flexibility index (Phi) is 6.60. The molecule has 0 aliphatic carbocycles. The average molecular weight is 327 g/mol. The van der Waals surface area contributed by atoms with Gasteiger partial charge in [0.15, 0.2) is 5.11 Å². The molecule has 0 saturated heterocycles. The number of rotatable bonds is 6. The van der Waals surface area contributed by atoms with Gasteiger partial charge in [0.25, 0.3) is 0 Å². The lowest BCUT2D eigenvalue weighted by Gasteiger charge is -2.18. The predicted octanol–water partition coefficient (Wildman–Crippen LogP) is 4.86. The Balaban J connectivity index is 1.83. The number of aryl methyl sites for hydroxylation is 2.